The second-order valence-electron chi connectivity index (χ2n) is 4.88. The highest BCUT2D eigenvalue weighted by molar-refractivity contribution is 6.31. The van der Waals surface area contributed by atoms with Gasteiger partial charge in [0.2, 0.25) is 0 Å². The average molecular weight is 301 g/mol. The Bertz CT molecular complexity index is 839. The molecule has 4 nitrogen and oxygen atoms in total. The second kappa shape index (κ2) is 5.22. The van der Waals surface area contributed by atoms with E-state index in [0.29, 0.717) is 22.0 Å². The van der Waals surface area contributed by atoms with Crippen LogP contribution >= 0.6 is 11.6 Å². The third-order valence-electron chi connectivity index (χ3n) is 3.24. The lowest BCUT2D eigenvalue weighted by atomic mass is 10.1. The zero-order valence-electron chi connectivity index (χ0n) is 11.6. The van der Waals surface area contributed by atoms with Gasteiger partial charge < -0.3 is 9.72 Å². The van der Waals surface area contributed by atoms with Gasteiger partial charge >= 0.3 is 5.97 Å². The number of ether oxygens (including phenoxy) is 1. The molecule has 106 valence electrons. The van der Waals surface area contributed by atoms with Crippen LogP contribution in [0.3, 0.4) is 0 Å². The van der Waals surface area contributed by atoms with E-state index in [1.54, 1.807) is 19.2 Å². The number of nitrogens with one attached hydrogen (secondary N) is 1. The number of aryl methyl sites for hydroxylation is 2. The Morgan fingerprint density at radius 1 is 1.29 bits per heavy atom. The number of benzene rings is 1. The summed E-state index contributed by atoms with van der Waals surface area (Å²) < 4.78 is 5.37. The molecule has 0 fully saturated rings. The highest BCUT2D eigenvalue weighted by Gasteiger charge is 2.14. The number of nitrogens with zero attached hydrogens (tertiary/aromatic N) is 1. The van der Waals surface area contributed by atoms with E-state index in [1.807, 2.05) is 25.1 Å². The van der Waals surface area contributed by atoms with E-state index in [9.17, 15) is 4.79 Å². The zero-order chi connectivity index (χ0) is 15.0. The summed E-state index contributed by atoms with van der Waals surface area (Å²) in [6, 6.07) is 7.23. The van der Waals surface area contributed by atoms with Crippen molar-refractivity contribution < 1.29 is 9.53 Å². The van der Waals surface area contributed by atoms with Crippen molar-refractivity contribution in [1.82, 2.24) is 9.97 Å². The summed E-state index contributed by atoms with van der Waals surface area (Å²) in [5.41, 5.74) is 3.10. The third-order valence-corrected chi connectivity index (χ3v) is 3.63. The molecule has 5 heteroatoms. The number of hydrogen-bond donors (Lipinski definition) is 1. The molecule has 0 amide bonds. The Morgan fingerprint density at radius 2 is 2.10 bits per heavy atom. The molecule has 0 saturated carbocycles. The van der Waals surface area contributed by atoms with Crippen molar-refractivity contribution in [3.8, 4) is 5.75 Å². The molecule has 2 aromatic heterocycles. The van der Waals surface area contributed by atoms with Gasteiger partial charge in [-0.05, 0) is 37.6 Å². The molecular formula is C16H13ClN2O2. The van der Waals surface area contributed by atoms with Gasteiger partial charge in [-0.25, -0.2) is 4.79 Å². The van der Waals surface area contributed by atoms with Crippen molar-refractivity contribution in [3.05, 3.63) is 58.5 Å². The van der Waals surface area contributed by atoms with Crippen molar-refractivity contribution in [1.29, 1.82) is 0 Å². The molecule has 0 aliphatic rings. The normalized spacial score (nSPS) is 10.8. The van der Waals surface area contributed by atoms with Crippen molar-refractivity contribution >= 4 is 28.5 Å². The molecule has 3 rings (SSSR count). The SMILES string of the molecule is Cc1cc(C(=O)Oc2cnc(C)c(Cl)c2)c2cc[nH]c2c1. The summed E-state index contributed by atoms with van der Waals surface area (Å²) >= 11 is 5.99. The van der Waals surface area contributed by atoms with Crippen molar-refractivity contribution in [2.45, 2.75) is 13.8 Å². The maximum absolute atomic E-state index is 12.4. The highest BCUT2D eigenvalue weighted by atomic mass is 35.5. The van der Waals surface area contributed by atoms with Crippen LogP contribution in [0.15, 0.2) is 36.7 Å². The number of hydrogen-bond acceptors (Lipinski definition) is 3. The quantitative estimate of drug-likeness (QED) is 0.726. The lowest BCUT2D eigenvalue weighted by Crippen LogP contribution is -2.09. The smallest absolute Gasteiger partial charge is 0.344 e. The summed E-state index contributed by atoms with van der Waals surface area (Å²) in [6.07, 6.45) is 3.29. The molecule has 1 aromatic carbocycles. The van der Waals surface area contributed by atoms with E-state index in [4.69, 9.17) is 16.3 Å². The van der Waals surface area contributed by atoms with Crippen LogP contribution in [0.4, 0.5) is 0 Å². The lowest BCUT2D eigenvalue weighted by molar-refractivity contribution is 0.0736. The Kier molecular flexibility index (Phi) is 3.39. The molecule has 0 aliphatic heterocycles. The van der Waals surface area contributed by atoms with Gasteiger partial charge in [0.05, 0.1) is 22.5 Å². The molecule has 0 radical (unpaired) electrons. The maximum atomic E-state index is 12.4. The van der Waals surface area contributed by atoms with Crippen LogP contribution in [0.1, 0.15) is 21.6 Å². The van der Waals surface area contributed by atoms with Crippen molar-refractivity contribution in [2.75, 3.05) is 0 Å². The van der Waals surface area contributed by atoms with Gasteiger partial charge in [-0.3, -0.25) is 4.98 Å². The topological polar surface area (TPSA) is 55.0 Å². The van der Waals surface area contributed by atoms with Gasteiger partial charge in [-0.15, -0.1) is 0 Å². The third kappa shape index (κ3) is 2.62. The number of halogens is 1. The number of esters is 1. The van der Waals surface area contributed by atoms with Gasteiger partial charge in [0.25, 0.3) is 0 Å². The van der Waals surface area contributed by atoms with Crippen LogP contribution in [0, 0.1) is 13.8 Å². The highest BCUT2D eigenvalue weighted by Crippen LogP contribution is 2.24. The van der Waals surface area contributed by atoms with Gasteiger partial charge in [0.15, 0.2) is 5.75 Å². The minimum Gasteiger partial charge on any atom is -0.421 e. The number of carbonyl (C=O) groups excluding carboxylic acids is 1. The van der Waals surface area contributed by atoms with Crippen LogP contribution in [-0.4, -0.2) is 15.9 Å². The molecule has 21 heavy (non-hydrogen) atoms. The number of rotatable bonds is 2. The molecular weight excluding hydrogens is 288 g/mol. The second-order valence-corrected chi connectivity index (χ2v) is 5.29. The average Bonchev–Trinajstić information content (AvgIpc) is 2.90. The number of pyridine rings is 1. The monoisotopic (exact) mass is 300 g/mol. The zero-order valence-corrected chi connectivity index (χ0v) is 12.4. The Morgan fingerprint density at radius 3 is 2.86 bits per heavy atom. The van der Waals surface area contributed by atoms with Gasteiger partial charge in [0.1, 0.15) is 0 Å². The first-order valence-electron chi connectivity index (χ1n) is 6.46. The van der Waals surface area contributed by atoms with Crippen molar-refractivity contribution in [3.63, 3.8) is 0 Å². The Balaban J connectivity index is 1.97. The summed E-state index contributed by atoms with van der Waals surface area (Å²) in [6.45, 7) is 3.72. The lowest BCUT2D eigenvalue weighted by Gasteiger charge is -2.07. The number of aromatic nitrogens is 2. The van der Waals surface area contributed by atoms with Crippen LogP contribution in [0.25, 0.3) is 10.9 Å². The Labute approximate surface area is 126 Å². The number of carbonyl (C=O) groups is 1. The summed E-state index contributed by atoms with van der Waals surface area (Å²) in [7, 11) is 0. The van der Waals surface area contributed by atoms with E-state index in [0.717, 1.165) is 16.5 Å². The summed E-state index contributed by atoms with van der Waals surface area (Å²) in [5.74, 6) is -0.0918. The van der Waals surface area contributed by atoms with Crippen LogP contribution in [0.2, 0.25) is 5.02 Å². The molecule has 0 atom stereocenters. The van der Waals surface area contributed by atoms with E-state index in [-0.39, 0.29) is 0 Å². The van der Waals surface area contributed by atoms with Crippen molar-refractivity contribution in [2.24, 2.45) is 0 Å². The van der Waals surface area contributed by atoms with E-state index >= 15 is 0 Å². The van der Waals surface area contributed by atoms with Gasteiger partial charge in [-0.1, -0.05) is 11.6 Å². The van der Waals surface area contributed by atoms with Gasteiger partial charge in [-0.2, -0.15) is 0 Å². The minimum absolute atomic E-state index is 0.334. The first-order valence-corrected chi connectivity index (χ1v) is 6.84. The number of H-pyrrole nitrogens is 1. The fourth-order valence-corrected chi connectivity index (χ4v) is 2.34. The molecule has 0 unspecified atom stereocenters. The Hall–Kier alpha value is -2.33. The molecule has 0 saturated heterocycles. The first kappa shape index (κ1) is 13.6. The standard InChI is InChI=1S/C16H13ClN2O2/c1-9-5-13(12-3-4-18-15(12)6-9)16(20)21-11-7-14(17)10(2)19-8-11/h3-8,18H,1-2H3. The summed E-state index contributed by atoms with van der Waals surface area (Å²) in [5, 5.41) is 1.30. The maximum Gasteiger partial charge on any atom is 0.344 e. The van der Waals surface area contributed by atoms with E-state index in [2.05, 4.69) is 9.97 Å². The molecule has 3 aromatic rings. The largest absolute Gasteiger partial charge is 0.421 e. The molecule has 0 aliphatic carbocycles. The fourth-order valence-electron chi connectivity index (χ4n) is 2.19. The molecule has 0 spiro atoms. The summed E-state index contributed by atoms with van der Waals surface area (Å²) in [4.78, 5) is 19.5. The van der Waals surface area contributed by atoms with Gasteiger partial charge in [0, 0.05) is 23.2 Å². The minimum atomic E-state index is -0.426. The predicted molar refractivity (Wildman–Crippen MR) is 82.0 cm³/mol. The predicted octanol–water partition coefficient (Wildman–Crippen LogP) is 4.05. The fraction of sp³-hybridized carbons (Fsp3) is 0.125. The van der Waals surface area contributed by atoms with E-state index in [1.165, 1.54) is 6.20 Å². The molecule has 1 N–H and O–H groups in total. The first-order chi connectivity index (χ1) is 10.0. The number of fused-ring (bicyclic) bond motifs is 1. The van der Waals surface area contributed by atoms with Crippen LogP contribution < -0.4 is 4.74 Å². The molecule has 0 bridgehead atoms. The van der Waals surface area contributed by atoms with Crippen LogP contribution in [0.5, 0.6) is 5.75 Å². The molecule has 2 heterocycles. The van der Waals surface area contributed by atoms with E-state index < -0.39 is 5.97 Å². The van der Waals surface area contributed by atoms with Crippen LogP contribution in [-0.2, 0) is 0 Å². The number of aromatic amines is 1.